The van der Waals surface area contributed by atoms with Crippen LogP contribution in [0.25, 0.3) is 5.65 Å². The van der Waals surface area contributed by atoms with Crippen molar-refractivity contribution in [3.8, 4) is 0 Å². The van der Waals surface area contributed by atoms with Gasteiger partial charge in [-0.3, -0.25) is 0 Å². The van der Waals surface area contributed by atoms with Gasteiger partial charge in [0, 0.05) is 22.6 Å². The predicted octanol–water partition coefficient (Wildman–Crippen LogP) is 5.02. The number of imidazole rings is 1. The minimum atomic E-state index is 0.632. The fourth-order valence-electron chi connectivity index (χ4n) is 1.90. The number of hydrogen-bond donors (Lipinski definition) is 1. The molecular weight excluding hydrogens is 361 g/mol. The highest BCUT2D eigenvalue weighted by molar-refractivity contribution is 9.10. The largest absolute Gasteiger partial charge is 0.379 e. The number of rotatable bonds is 3. The molecule has 0 unspecified atom stereocenters. The molecule has 0 atom stereocenters. The van der Waals surface area contributed by atoms with Gasteiger partial charge in [-0.25, -0.2) is 4.98 Å². The van der Waals surface area contributed by atoms with Crippen molar-refractivity contribution in [1.29, 1.82) is 0 Å². The third-order valence-corrected chi connectivity index (χ3v) is 4.30. The van der Waals surface area contributed by atoms with Crippen molar-refractivity contribution in [2.24, 2.45) is 0 Å². The number of aromatic nitrogens is 2. The Morgan fingerprint density at radius 3 is 2.80 bits per heavy atom. The second-order valence-electron chi connectivity index (χ2n) is 4.33. The van der Waals surface area contributed by atoms with Gasteiger partial charge in [0.2, 0.25) is 0 Å². The van der Waals surface area contributed by atoms with Crippen LogP contribution in [0.15, 0.2) is 47.2 Å². The third kappa shape index (κ3) is 2.92. The lowest BCUT2D eigenvalue weighted by molar-refractivity contribution is 1.08. The standard InChI is InChI=1S/C14H10BrCl2N3/c15-12-5-10(2-3-13(12)17)18-6-11-8-20-7-9(16)1-4-14(20)19-11/h1-5,7-8,18H,6H2. The molecule has 0 aliphatic rings. The number of halogens is 3. The zero-order valence-electron chi connectivity index (χ0n) is 10.3. The van der Waals surface area contributed by atoms with Crippen LogP contribution in [0, 0.1) is 0 Å². The van der Waals surface area contributed by atoms with Gasteiger partial charge in [-0.1, -0.05) is 23.2 Å². The zero-order chi connectivity index (χ0) is 14.1. The topological polar surface area (TPSA) is 29.3 Å². The van der Waals surface area contributed by atoms with Crippen molar-refractivity contribution in [3.05, 3.63) is 62.9 Å². The lowest BCUT2D eigenvalue weighted by atomic mass is 10.3. The maximum absolute atomic E-state index is 5.96. The molecule has 0 bridgehead atoms. The first-order valence-electron chi connectivity index (χ1n) is 5.94. The van der Waals surface area contributed by atoms with Crippen LogP contribution in [-0.4, -0.2) is 9.38 Å². The smallest absolute Gasteiger partial charge is 0.137 e. The summed E-state index contributed by atoms with van der Waals surface area (Å²) in [7, 11) is 0. The minimum Gasteiger partial charge on any atom is -0.379 e. The van der Waals surface area contributed by atoms with E-state index in [1.807, 2.05) is 47.1 Å². The molecule has 3 aromatic rings. The van der Waals surface area contributed by atoms with E-state index >= 15 is 0 Å². The average molecular weight is 371 g/mol. The summed E-state index contributed by atoms with van der Waals surface area (Å²) in [6.45, 7) is 0.632. The van der Waals surface area contributed by atoms with E-state index in [1.165, 1.54) is 0 Å². The van der Waals surface area contributed by atoms with Crippen molar-refractivity contribution in [2.45, 2.75) is 6.54 Å². The fourth-order valence-corrected chi connectivity index (χ4v) is 2.57. The van der Waals surface area contributed by atoms with Crippen LogP contribution in [0.1, 0.15) is 5.69 Å². The van der Waals surface area contributed by atoms with Gasteiger partial charge < -0.3 is 9.72 Å². The van der Waals surface area contributed by atoms with Crippen molar-refractivity contribution >= 4 is 50.5 Å². The maximum atomic E-state index is 5.96. The van der Waals surface area contributed by atoms with E-state index in [4.69, 9.17) is 23.2 Å². The molecule has 0 fully saturated rings. The number of nitrogens with zero attached hydrogens (tertiary/aromatic N) is 2. The summed E-state index contributed by atoms with van der Waals surface area (Å²) in [4.78, 5) is 4.51. The highest BCUT2D eigenvalue weighted by Gasteiger charge is 2.03. The van der Waals surface area contributed by atoms with Crippen LogP contribution < -0.4 is 5.32 Å². The molecule has 6 heteroatoms. The van der Waals surface area contributed by atoms with E-state index in [0.717, 1.165) is 21.5 Å². The molecule has 2 aromatic heterocycles. The van der Waals surface area contributed by atoms with Gasteiger partial charge in [0.25, 0.3) is 0 Å². The van der Waals surface area contributed by atoms with E-state index in [-0.39, 0.29) is 0 Å². The molecule has 0 aliphatic carbocycles. The van der Waals surface area contributed by atoms with Crippen molar-refractivity contribution in [1.82, 2.24) is 9.38 Å². The molecule has 3 nitrogen and oxygen atoms in total. The molecule has 1 N–H and O–H groups in total. The quantitative estimate of drug-likeness (QED) is 0.701. The van der Waals surface area contributed by atoms with Crippen LogP contribution >= 0.6 is 39.1 Å². The van der Waals surface area contributed by atoms with Crippen LogP contribution in [0.4, 0.5) is 5.69 Å². The molecule has 2 heterocycles. The molecule has 0 amide bonds. The van der Waals surface area contributed by atoms with Crippen molar-refractivity contribution in [3.63, 3.8) is 0 Å². The number of hydrogen-bond acceptors (Lipinski definition) is 2. The van der Waals surface area contributed by atoms with Gasteiger partial charge in [-0.2, -0.15) is 0 Å². The summed E-state index contributed by atoms with van der Waals surface area (Å²) in [5.41, 5.74) is 2.80. The lowest BCUT2D eigenvalue weighted by Crippen LogP contribution is -1.99. The lowest BCUT2D eigenvalue weighted by Gasteiger charge is -2.05. The molecular formula is C14H10BrCl2N3. The molecule has 20 heavy (non-hydrogen) atoms. The fraction of sp³-hybridized carbons (Fsp3) is 0.0714. The molecule has 102 valence electrons. The van der Waals surface area contributed by atoms with Gasteiger partial charge in [-0.05, 0) is 46.3 Å². The third-order valence-electron chi connectivity index (χ3n) is 2.86. The summed E-state index contributed by atoms with van der Waals surface area (Å²) < 4.78 is 2.78. The molecule has 1 aromatic carbocycles. The molecule has 3 rings (SSSR count). The zero-order valence-corrected chi connectivity index (χ0v) is 13.4. The number of fused-ring (bicyclic) bond motifs is 1. The van der Waals surface area contributed by atoms with Gasteiger partial charge in [0.15, 0.2) is 0 Å². The van der Waals surface area contributed by atoms with Crippen LogP contribution in [0.3, 0.4) is 0 Å². The van der Waals surface area contributed by atoms with E-state index in [0.29, 0.717) is 16.6 Å². The van der Waals surface area contributed by atoms with Crippen LogP contribution in [-0.2, 0) is 6.54 Å². The Hall–Kier alpha value is -1.23. The van der Waals surface area contributed by atoms with Gasteiger partial charge in [-0.15, -0.1) is 0 Å². The summed E-state index contributed by atoms with van der Waals surface area (Å²) in [6, 6.07) is 9.44. The van der Waals surface area contributed by atoms with Crippen molar-refractivity contribution < 1.29 is 0 Å². The van der Waals surface area contributed by atoms with E-state index in [2.05, 4.69) is 26.2 Å². The number of benzene rings is 1. The summed E-state index contributed by atoms with van der Waals surface area (Å²) >= 11 is 15.3. The minimum absolute atomic E-state index is 0.632. The molecule has 0 radical (unpaired) electrons. The first kappa shape index (κ1) is 13.7. The van der Waals surface area contributed by atoms with E-state index in [9.17, 15) is 0 Å². The number of pyridine rings is 1. The Balaban J connectivity index is 1.77. The predicted molar refractivity (Wildman–Crippen MR) is 86.7 cm³/mol. The van der Waals surface area contributed by atoms with Crippen LogP contribution in [0.2, 0.25) is 10.0 Å². The number of nitrogens with one attached hydrogen (secondary N) is 1. The monoisotopic (exact) mass is 369 g/mol. The summed E-state index contributed by atoms with van der Waals surface area (Å²) in [5, 5.41) is 4.69. The SMILES string of the molecule is Clc1ccc2nc(CNc3ccc(Cl)c(Br)c3)cn2c1. The summed E-state index contributed by atoms with van der Waals surface area (Å²) in [6.07, 6.45) is 3.80. The first-order chi connectivity index (χ1) is 9.61. The Labute approximate surface area is 134 Å². The Morgan fingerprint density at radius 2 is 2.00 bits per heavy atom. The molecule has 0 saturated heterocycles. The maximum Gasteiger partial charge on any atom is 0.137 e. The normalized spacial score (nSPS) is 10.9. The van der Waals surface area contributed by atoms with E-state index < -0.39 is 0 Å². The highest BCUT2D eigenvalue weighted by Crippen LogP contribution is 2.25. The van der Waals surface area contributed by atoms with Crippen molar-refractivity contribution in [2.75, 3.05) is 5.32 Å². The Bertz CT molecular complexity index is 770. The number of anilines is 1. The summed E-state index contributed by atoms with van der Waals surface area (Å²) in [5.74, 6) is 0. The van der Waals surface area contributed by atoms with Crippen LogP contribution in [0.5, 0.6) is 0 Å². The van der Waals surface area contributed by atoms with Gasteiger partial charge in [0.05, 0.1) is 22.3 Å². The highest BCUT2D eigenvalue weighted by atomic mass is 79.9. The second kappa shape index (κ2) is 5.64. The molecule has 0 spiro atoms. The molecule has 0 saturated carbocycles. The van der Waals surface area contributed by atoms with E-state index in [1.54, 1.807) is 0 Å². The van der Waals surface area contributed by atoms with Gasteiger partial charge in [0.1, 0.15) is 5.65 Å². The Morgan fingerprint density at radius 1 is 1.15 bits per heavy atom. The van der Waals surface area contributed by atoms with Gasteiger partial charge >= 0.3 is 0 Å². The second-order valence-corrected chi connectivity index (χ2v) is 6.03. The first-order valence-corrected chi connectivity index (χ1v) is 7.49. The average Bonchev–Trinajstić information content (AvgIpc) is 2.82. The molecule has 0 aliphatic heterocycles. The Kier molecular flexibility index (Phi) is 3.87.